The van der Waals surface area contributed by atoms with Crippen LogP contribution < -0.4 is 10.5 Å². The van der Waals surface area contributed by atoms with Gasteiger partial charge in [-0.1, -0.05) is 0 Å². The standard InChI is InChI=1S/C17H19N5O2/c1-21(17(24)13-3-2-8-18-16(13)23)12-9-22(10-12)15-7-6-14(19-20-15)11-4-5-11/h2-3,6-8,11-12H,4-5,9-10H2,1H3,(H,18,23). The second-order valence-electron chi connectivity index (χ2n) is 6.48. The Bertz CT molecular complexity index is 806. The molecule has 1 amide bonds. The Kier molecular flexibility index (Phi) is 3.55. The normalized spacial score (nSPS) is 17.5. The van der Waals surface area contributed by atoms with Crippen molar-refractivity contribution >= 4 is 11.7 Å². The Labute approximate surface area is 139 Å². The molecule has 0 spiro atoms. The molecule has 7 nitrogen and oxygen atoms in total. The van der Waals surface area contributed by atoms with Gasteiger partial charge in [-0.25, -0.2) is 0 Å². The van der Waals surface area contributed by atoms with Gasteiger partial charge in [-0.2, -0.15) is 5.10 Å². The smallest absolute Gasteiger partial charge is 0.260 e. The van der Waals surface area contributed by atoms with Gasteiger partial charge in [0.25, 0.3) is 11.5 Å². The molecule has 2 aromatic heterocycles. The molecule has 7 heteroatoms. The number of hydrogen-bond donors (Lipinski definition) is 1. The van der Waals surface area contributed by atoms with E-state index in [4.69, 9.17) is 0 Å². The first-order valence-electron chi connectivity index (χ1n) is 8.17. The second kappa shape index (κ2) is 5.74. The monoisotopic (exact) mass is 325 g/mol. The Morgan fingerprint density at radius 3 is 2.67 bits per heavy atom. The van der Waals surface area contributed by atoms with Gasteiger partial charge in [0.1, 0.15) is 5.56 Å². The van der Waals surface area contributed by atoms with Crippen molar-refractivity contribution in [2.45, 2.75) is 24.8 Å². The lowest BCUT2D eigenvalue weighted by molar-refractivity contribution is 0.0703. The average molecular weight is 325 g/mol. The molecule has 2 aromatic rings. The number of carbonyl (C=O) groups is 1. The molecule has 0 unspecified atom stereocenters. The van der Waals surface area contributed by atoms with Crippen LogP contribution in [0.15, 0.2) is 35.3 Å². The third kappa shape index (κ3) is 2.66. The zero-order valence-electron chi connectivity index (χ0n) is 13.5. The Balaban J connectivity index is 1.38. The van der Waals surface area contributed by atoms with E-state index < -0.39 is 0 Å². The third-order valence-corrected chi connectivity index (χ3v) is 4.77. The number of amides is 1. The van der Waals surface area contributed by atoms with Gasteiger partial charge in [0, 0.05) is 32.3 Å². The molecule has 2 aliphatic rings. The van der Waals surface area contributed by atoms with Crippen molar-refractivity contribution in [2.75, 3.05) is 25.0 Å². The Morgan fingerprint density at radius 1 is 1.25 bits per heavy atom. The molecule has 0 atom stereocenters. The molecule has 0 bridgehead atoms. The first kappa shape index (κ1) is 14.9. The van der Waals surface area contributed by atoms with Crippen LogP contribution in [0, 0.1) is 0 Å². The molecule has 0 radical (unpaired) electrons. The van der Waals surface area contributed by atoms with E-state index in [-0.39, 0.29) is 23.1 Å². The molecule has 0 aromatic carbocycles. The molecule has 124 valence electrons. The van der Waals surface area contributed by atoms with Crippen molar-refractivity contribution in [3.8, 4) is 0 Å². The van der Waals surface area contributed by atoms with E-state index in [1.165, 1.54) is 19.0 Å². The number of aromatic nitrogens is 3. The third-order valence-electron chi connectivity index (χ3n) is 4.77. The summed E-state index contributed by atoms with van der Waals surface area (Å²) in [6.45, 7) is 1.40. The highest BCUT2D eigenvalue weighted by atomic mass is 16.2. The number of pyridine rings is 1. The summed E-state index contributed by atoms with van der Waals surface area (Å²) in [5.74, 6) is 1.19. The number of carbonyl (C=O) groups excluding carboxylic acids is 1. The summed E-state index contributed by atoms with van der Waals surface area (Å²) in [7, 11) is 1.73. The fourth-order valence-corrected chi connectivity index (χ4v) is 2.93. The summed E-state index contributed by atoms with van der Waals surface area (Å²) in [5.41, 5.74) is 0.894. The minimum atomic E-state index is -0.355. The van der Waals surface area contributed by atoms with E-state index in [1.54, 1.807) is 24.1 Å². The molecule has 4 rings (SSSR count). The SMILES string of the molecule is CN(C(=O)c1ccc[nH]c1=O)C1CN(c2ccc(C3CC3)nn2)C1. The summed E-state index contributed by atoms with van der Waals surface area (Å²) >= 11 is 0. The lowest BCUT2D eigenvalue weighted by Crippen LogP contribution is -2.60. The first-order valence-corrected chi connectivity index (χ1v) is 8.17. The lowest BCUT2D eigenvalue weighted by atomic mass is 10.1. The number of nitrogens with zero attached hydrogens (tertiary/aromatic N) is 4. The number of hydrogen-bond acceptors (Lipinski definition) is 5. The fraction of sp³-hybridized carbons (Fsp3) is 0.412. The van der Waals surface area contributed by atoms with Crippen molar-refractivity contribution in [3.05, 3.63) is 52.1 Å². The highest BCUT2D eigenvalue weighted by Gasteiger charge is 2.34. The Hall–Kier alpha value is -2.70. The molecule has 1 saturated carbocycles. The van der Waals surface area contributed by atoms with Gasteiger partial charge in [-0.3, -0.25) is 9.59 Å². The van der Waals surface area contributed by atoms with Crippen molar-refractivity contribution in [1.82, 2.24) is 20.1 Å². The summed E-state index contributed by atoms with van der Waals surface area (Å²) in [4.78, 5) is 30.4. The number of rotatable bonds is 4. The van der Waals surface area contributed by atoms with E-state index >= 15 is 0 Å². The van der Waals surface area contributed by atoms with Crippen molar-refractivity contribution in [3.63, 3.8) is 0 Å². The van der Waals surface area contributed by atoms with E-state index in [0.717, 1.165) is 11.5 Å². The molecular formula is C17H19N5O2. The maximum absolute atomic E-state index is 12.4. The van der Waals surface area contributed by atoms with E-state index in [0.29, 0.717) is 19.0 Å². The highest BCUT2D eigenvalue weighted by Crippen LogP contribution is 2.38. The second-order valence-corrected chi connectivity index (χ2v) is 6.48. The van der Waals surface area contributed by atoms with E-state index in [2.05, 4.69) is 20.1 Å². The topological polar surface area (TPSA) is 82.2 Å². The maximum Gasteiger partial charge on any atom is 0.260 e. The predicted octanol–water partition coefficient (Wildman–Crippen LogP) is 1.00. The van der Waals surface area contributed by atoms with Crippen LogP contribution in [0.2, 0.25) is 0 Å². The average Bonchev–Trinajstić information content (AvgIpc) is 3.39. The maximum atomic E-state index is 12.4. The van der Waals surface area contributed by atoms with Crippen LogP contribution in [0.5, 0.6) is 0 Å². The summed E-state index contributed by atoms with van der Waals surface area (Å²) in [6, 6.07) is 7.33. The van der Waals surface area contributed by atoms with Crippen LogP contribution in [0.3, 0.4) is 0 Å². The van der Waals surface area contributed by atoms with Gasteiger partial charge in [0.15, 0.2) is 5.82 Å². The number of aromatic amines is 1. The van der Waals surface area contributed by atoms with Gasteiger partial charge in [-0.15, -0.1) is 5.10 Å². The summed E-state index contributed by atoms with van der Waals surface area (Å²) in [6.07, 6.45) is 3.95. The molecular weight excluding hydrogens is 306 g/mol. The van der Waals surface area contributed by atoms with Gasteiger partial charge >= 0.3 is 0 Å². The van der Waals surface area contributed by atoms with Crippen LogP contribution in [-0.4, -0.2) is 52.2 Å². The van der Waals surface area contributed by atoms with Crippen LogP contribution in [0.25, 0.3) is 0 Å². The van der Waals surface area contributed by atoms with Crippen LogP contribution in [0.1, 0.15) is 34.8 Å². The molecule has 1 aliphatic carbocycles. The zero-order valence-corrected chi connectivity index (χ0v) is 13.5. The Morgan fingerprint density at radius 2 is 2.04 bits per heavy atom. The number of anilines is 1. The van der Waals surface area contributed by atoms with Crippen LogP contribution in [0.4, 0.5) is 5.82 Å². The number of likely N-dealkylation sites (N-methyl/N-ethyl adjacent to an activating group) is 1. The van der Waals surface area contributed by atoms with Crippen molar-refractivity contribution in [1.29, 1.82) is 0 Å². The zero-order chi connectivity index (χ0) is 16.7. The molecule has 1 aliphatic heterocycles. The predicted molar refractivity (Wildman–Crippen MR) is 89.2 cm³/mol. The summed E-state index contributed by atoms with van der Waals surface area (Å²) < 4.78 is 0. The van der Waals surface area contributed by atoms with E-state index in [9.17, 15) is 9.59 Å². The van der Waals surface area contributed by atoms with Crippen molar-refractivity contribution < 1.29 is 4.79 Å². The quantitative estimate of drug-likeness (QED) is 0.907. The minimum absolute atomic E-state index is 0.0713. The van der Waals surface area contributed by atoms with Gasteiger partial charge in [-0.05, 0) is 37.1 Å². The fourth-order valence-electron chi connectivity index (χ4n) is 2.93. The molecule has 3 heterocycles. The molecule has 1 saturated heterocycles. The molecule has 1 N–H and O–H groups in total. The number of nitrogens with one attached hydrogen (secondary N) is 1. The van der Waals surface area contributed by atoms with E-state index in [1.807, 2.05) is 12.1 Å². The molecule has 24 heavy (non-hydrogen) atoms. The van der Waals surface area contributed by atoms with Gasteiger partial charge in [0.2, 0.25) is 0 Å². The lowest BCUT2D eigenvalue weighted by Gasteiger charge is -2.44. The molecule has 2 fully saturated rings. The van der Waals surface area contributed by atoms with Gasteiger partial charge in [0.05, 0.1) is 11.7 Å². The number of H-pyrrole nitrogens is 1. The largest absolute Gasteiger partial charge is 0.351 e. The first-order chi connectivity index (χ1) is 11.6. The van der Waals surface area contributed by atoms with Crippen molar-refractivity contribution in [2.24, 2.45) is 0 Å². The van der Waals surface area contributed by atoms with Gasteiger partial charge < -0.3 is 14.8 Å². The van der Waals surface area contributed by atoms with Crippen LogP contribution >= 0.6 is 0 Å². The highest BCUT2D eigenvalue weighted by molar-refractivity contribution is 5.94. The summed E-state index contributed by atoms with van der Waals surface area (Å²) in [5, 5.41) is 8.58. The minimum Gasteiger partial charge on any atom is -0.351 e. The van der Waals surface area contributed by atoms with Crippen LogP contribution in [-0.2, 0) is 0 Å².